The van der Waals surface area contributed by atoms with Crippen LogP contribution in [0.4, 0.5) is 4.79 Å². The fourth-order valence-electron chi connectivity index (χ4n) is 3.09. The Morgan fingerprint density at radius 1 is 1.29 bits per heavy atom. The van der Waals surface area contributed by atoms with Crippen LogP contribution in [0.3, 0.4) is 0 Å². The molecule has 0 aromatic rings. The maximum Gasteiger partial charge on any atom is 0.317 e. The van der Waals surface area contributed by atoms with E-state index in [1.54, 1.807) is 0 Å². The summed E-state index contributed by atoms with van der Waals surface area (Å²) in [6, 6.07) is 0.855. The summed E-state index contributed by atoms with van der Waals surface area (Å²) in [6.07, 6.45) is 4.79. The third kappa shape index (κ3) is 3.12. The number of nitrogens with zero attached hydrogens (tertiary/aromatic N) is 1. The molecule has 0 aromatic carbocycles. The van der Waals surface area contributed by atoms with Crippen molar-refractivity contribution in [3.05, 3.63) is 0 Å². The minimum absolute atomic E-state index is 0.140. The van der Waals surface area contributed by atoms with E-state index in [0.29, 0.717) is 12.0 Å². The zero-order chi connectivity index (χ0) is 12.3. The Morgan fingerprint density at radius 3 is 2.65 bits per heavy atom. The van der Waals surface area contributed by atoms with Crippen molar-refractivity contribution in [2.24, 2.45) is 5.92 Å². The molecule has 0 aromatic heterocycles. The van der Waals surface area contributed by atoms with E-state index in [1.165, 1.54) is 25.7 Å². The first-order chi connectivity index (χ1) is 8.18. The molecule has 2 N–H and O–H groups in total. The highest BCUT2D eigenvalue weighted by Gasteiger charge is 2.35. The van der Waals surface area contributed by atoms with Crippen molar-refractivity contribution in [1.29, 1.82) is 0 Å². The standard InChI is InChI=1S/C13H25N3O/c1-10(2)15-13(17)16-9-3-4-12(16)11-5-7-14-8-6-11/h10-12,14H,3-9H2,1-2H3,(H,15,17). The van der Waals surface area contributed by atoms with Crippen LogP contribution in [0.1, 0.15) is 39.5 Å². The molecule has 2 saturated heterocycles. The van der Waals surface area contributed by atoms with Gasteiger partial charge in [0, 0.05) is 18.6 Å². The lowest BCUT2D eigenvalue weighted by Crippen LogP contribution is -2.49. The molecule has 2 rings (SSSR count). The topological polar surface area (TPSA) is 44.4 Å². The third-order valence-corrected chi connectivity index (χ3v) is 3.90. The third-order valence-electron chi connectivity index (χ3n) is 3.90. The first-order valence-electron chi connectivity index (χ1n) is 6.96. The Balaban J connectivity index is 1.93. The molecule has 0 aliphatic carbocycles. The molecule has 4 nitrogen and oxygen atoms in total. The second kappa shape index (κ2) is 5.71. The molecule has 0 bridgehead atoms. The maximum atomic E-state index is 12.1. The SMILES string of the molecule is CC(C)NC(=O)N1CCCC1C1CCNCC1. The Hall–Kier alpha value is -0.770. The van der Waals surface area contributed by atoms with Crippen LogP contribution in [-0.4, -0.2) is 42.6 Å². The lowest BCUT2D eigenvalue weighted by Gasteiger charge is -2.34. The fraction of sp³-hybridized carbons (Fsp3) is 0.923. The molecular weight excluding hydrogens is 214 g/mol. The summed E-state index contributed by atoms with van der Waals surface area (Å²) in [5.41, 5.74) is 0. The molecule has 0 spiro atoms. The van der Waals surface area contributed by atoms with E-state index in [0.717, 1.165) is 19.6 Å². The van der Waals surface area contributed by atoms with E-state index in [2.05, 4.69) is 15.5 Å². The van der Waals surface area contributed by atoms with Gasteiger partial charge in [0.2, 0.25) is 0 Å². The van der Waals surface area contributed by atoms with Crippen LogP contribution in [0.5, 0.6) is 0 Å². The van der Waals surface area contributed by atoms with Gasteiger partial charge in [0.25, 0.3) is 0 Å². The summed E-state index contributed by atoms with van der Waals surface area (Å²) in [4.78, 5) is 14.2. The number of piperidine rings is 1. The van der Waals surface area contributed by atoms with Gasteiger partial charge in [0.1, 0.15) is 0 Å². The van der Waals surface area contributed by atoms with E-state index in [-0.39, 0.29) is 12.1 Å². The summed E-state index contributed by atoms with van der Waals surface area (Å²) in [7, 11) is 0. The van der Waals surface area contributed by atoms with E-state index in [4.69, 9.17) is 0 Å². The second-order valence-corrected chi connectivity index (χ2v) is 5.59. The zero-order valence-corrected chi connectivity index (χ0v) is 11.0. The van der Waals surface area contributed by atoms with Crippen LogP contribution in [0.15, 0.2) is 0 Å². The number of hydrogen-bond acceptors (Lipinski definition) is 2. The van der Waals surface area contributed by atoms with Crippen LogP contribution in [0, 0.1) is 5.92 Å². The van der Waals surface area contributed by atoms with Gasteiger partial charge in [-0.15, -0.1) is 0 Å². The lowest BCUT2D eigenvalue weighted by molar-refractivity contribution is 0.157. The Kier molecular flexibility index (Phi) is 4.26. The van der Waals surface area contributed by atoms with Gasteiger partial charge in [-0.2, -0.15) is 0 Å². The Morgan fingerprint density at radius 2 is 2.00 bits per heavy atom. The van der Waals surface area contributed by atoms with Crippen LogP contribution >= 0.6 is 0 Å². The molecule has 17 heavy (non-hydrogen) atoms. The molecule has 2 fully saturated rings. The minimum atomic E-state index is 0.140. The van der Waals surface area contributed by atoms with Gasteiger partial charge in [0.05, 0.1) is 0 Å². The smallest absolute Gasteiger partial charge is 0.317 e. The average Bonchev–Trinajstić information content (AvgIpc) is 2.78. The Bertz CT molecular complexity index is 261. The summed E-state index contributed by atoms with van der Waals surface area (Å²) < 4.78 is 0. The molecule has 0 radical (unpaired) electrons. The summed E-state index contributed by atoms with van der Waals surface area (Å²) in [5, 5.41) is 6.42. The molecule has 1 atom stereocenters. The van der Waals surface area contributed by atoms with Gasteiger partial charge in [-0.05, 0) is 58.5 Å². The number of hydrogen-bond donors (Lipinski definition) is 2. The van der Waals surface area contributed by atoms with Gasteiger partial charge in [0.15, 0.2) is 0 Å². The lowest BCUT2D eigenvalue weighted by atomic mass is 9.89. The molecule has 4 heteroatoms. The number of urea groups is 1. The molecule has 0 saturated carbocycles. The monoisotopic (exact) mass is 239 g/mol. The molecule has 2 amide bonds. The van der Waals surface area contributed by atoms with E-state index in [9.17, 15) is 4.79 Å². The van der Waals surface area contributed by atoms with Crippen molar-refractivity contribution in [2.45, 2.75) is 51.6 Å². The molecular formula is C13H25N3O. The van der Waals surface area contributed by atoms with Gasteiger partial charge in [-0.25, -0.2) is 4.79 Å². The average molecular weight is 239 g/mol. The van der Waals surface area contributed by atoms with Crippen molar-refractivity contribution >= 4 is 6.03 Å². The number of carbonyl (C=O) groups excluding carboxylic acids is 1. The van der Waals surface area contributed by atoms with Crippen molar-refractivity contribution in [3.63, 3.8) is 0 Å². The molecule has 2 aliphatic rings. The highest BCUT2D eigenvalue weighted by molar-refractivity contribution is 5.75. The zero-order valence-electron chi connectivity index (χ0n) is 11.0. The number of likely N-dealkylation sites (tertiary alicyclic amines) is 1. The van der Waals surface area contributed by atoms with Crippen molar-refractivity contribution in [2.75, 3.05) is 19.6 Å². The van der Waals surface area contributed by atoms with Crippen LogP contribution in [-0.2, 0) is 0 Å². The minimum Gasteiger partial charge on any atom is -0.336 e. The molecule has 1 unspecified atom stereocenters. The number of amides is 2. The number of rotatable bonds is 2. The number of nitrogens with one attached hydrogen (secondary N) is 2. The highest BCUT2D eigenvalue weighted by Crippen LogP contribution is 2.29. The van der Waals surface area contributed by atoms with Crippen molar-refractivity contribution < 1.29 is 4.79 Å². The van der Waals surface area contributed by atoms with Crippen molar-refractivity contribution in [3.8, 4) is 0 Å². The summed E-state index contributed by atoms with van der Waals surface area (Å²) in [5.74, 6) is 0.705. The van der Waals surface area contributed by atoms with E-state index in [1.807, 2.05) is 13.8 Å². The van der Waals surface area contributed by atoms with E-state index < -0.39 is 0 Å². The maximum absolute atomic E-state index is 12.1. The van der Waals surface area contributed by atoms with Gasteiger partial charge in [-0.1, -0.05) is 0 Å². The Labute approximate surface area is 104 Å². The number of carbonyl (C=O) groups is 1. The second-order valence-electron chi connectivity index (χ2n) is 5.59. The largest absolute Gasteiger partial charge is 0.336 e. The van der Waals surface area contributed by atoms with Gasteiger partial charge in [-0.3, -0.25) is 0 Å². The van der Waals surface area contributed by atoms with E-state index >= 15 is 0 Å². The highest BCUT2D eigenvalue weighted by atomic mass is 16.2. The molecule has 98 valence electrons. The normalized spacial score (nSPS) is 26.5. The van der Waals surface area contributed by atoms with Crippen LogP contribution in [0.25, 0.3) is 0 Å². The summed E-state index contributed by atoms with van der Waals surface area (Å²) in [6.45, 7) is 7.20. The quantitative estimate of drug-likeness (QED) is 0.768. The predicted molar refractivity (Wildman–Crippen MR) is 69.0 cm³/mol. The van der Waals surface area contributed by atoms with Gasteiger partial charge >= 0.3 is 6.03 Å². The molecule has 2 aliphatic heterocycles. The summed E-state index contributed by atoms with van der Waals surface area (Å²) >= 11 is 0. The van der Waals surface area contributed by atoms with Crippen molar-refractivity contribution in [1.82, 2.24) is 15.5 Å². The predicted octanol–water partition coefficient (Wildman–Crippen LogP) is 1.57. The first kappa shape index (κ1) is 12.7. The molecule has 2 heterocycles. The fourth-order valence-corrected chi connectivity index (χ4v) is 3.09. The first-order valence-corrected chi connectivity index (χ1v) is 6.96. The van der Waals surface area contributed by atoms with Gasteiger partial charge < -0.3 is 15.5 Å². The van der Waals surface area contributed by atoms with Crippen LogP contribution < -0.4 is 10.6 Å². The van der Waals surface area contributed by atoms with Crippen LogP contribution in [0.2, 0.25) is 0 Å².